The summed E-state index contributed by atoms with van der Waals surface area (Å²) in [4.78, 5) is 9.77. The Balaban J connectivity index is 2.24. The van der Waals surface area contributed by atoms with Gasteiger partial charge in [0.05, 0.1) is 6.61 Å². The monoisotopic (exact) mass is 291 g/mol. The van der Waals surface area contributed by atoms with E-state index in [0.717, 1.165) is 64.2 Å². The minimum absolute atomic E-state index is 0.386. The van der Waals surface area contributed by atoms with Crippen molar-refractivity contribution in [3.05, 3.63) is 22.8 Å². The molecule has 1 atom stereocenters. The Hall–Kier alpha value is -1.00. The molecular formula is C17H29N3O. The molecule has 1 aromatic rings. The van der Waals surface area contributed by atoms with Gasteiger partial charge in [-0.25, -0.2) is 9.97 Å². The molecule has 118 valence electrons. The molecule has 1 saturated heterocycles. The molecule has 1 N–H and O–H groups in total. The molecule has 1 unspecified atom stereocenters. The molecule has 4 heteroatoms. The minimum atomic E-state index is 0.386. The van der Waals surface area contributed by atoms with Crippen LogP contribution in [-0.4, -0.2) is 36.3 Å². The van der Waals surface area contributed by atoms with Gasteiger partial charge >= 0.3 is 0 Å². The number of nitrogens with one attached hydrogen (secondary N) is 1. The van der Waals surface area contributed by atoms with E-state index in [-0.39, 0.29) is 0 Å². The van der Waals surface area contributed by atoms with Gasteiger partial charge in [-0.3, -0.25) is 0 Å². The smallest absolute Gasteiger partial charge is 0.134 e. The summed E-state index contributed by atoms with van der Waals surface area (Å²) in [6.45, 7) is 10.2. The summed E-state index contributed by atoms with van der Waals surface area (Å²) in [5.74, 6) is 1.40. The zero-order valence-electron chi connectivity index (χ0n) is 13.7. The summed E-state index contributed by atoms with van der Waals surface area (Å²) in [5.41, 5.74) is 3.84. The summed E-state index contributed by atoms with van der Waals surface area (Å²) < 4.78 is 5.60. The van der Waals surface area contributed by atoms with Gasteiger partial charge in [-0.05, 0) is 50.8 Å². The highest BCUT2D eigenvalue weighted by molar-refractivity contribution is 5.28. The van der Waals surface area contributed by atoms with Crippen LogP contribution in [0.3, 0.4) is 0 Å². The number of hydrogen-bond donors (Lipinski definition) is 1. The molecule has 0 saturated carbocycles. The average Bonchev–Trinajstić information content (AvgIpc) is 2.55. The molecule has 1 fully saturated rings. The second kappa shape index (κ2) is 8.44. The van der Waals surface area contributed by atoms with Crippen LogP contribution < -0.4 is 5.32 Å². The van der Waals surface area contributed by atoms with Crippen LogP contribution in [0.15, 0.2) is 0 Å². The van der Waals surface area contributed by atoms with Crippen molar-refractivity contribution in [1.29, 1.82) is 0 Å². The largest absolute Gasteiger partial charge is 0.381 e. The standard InChI is InChI=1S/C17H29N3O/c1-4-15-14(9-10-18-6-3)16(5-2)20-17(19-15)13-8-7-11-21-12-13/h13,18H,4-12H2,1-3H3. The van der Waals surface area contributed by atoms with Crippen molar-refractivity contribution >= 4 is 0 Å². The predicted molar refractivity (Wildman–Crippen MR) is 85.8 cm³/mol. The van der Waals surface area contributed by atoms with E-state index in [0.29, 0.717) is 5.92 Å². The second-order valence-corrected chi connectivity index (χ2v) is 5.68. The van der Waals surface area contributed by atoms with Gasteiger partial charge in [0.1, 0.15) is 5.82 Å². The number of rotatable bonds is 7. The number of aryl methyl sites for hydroxylation is 2. The van der Waals surface area contributed by atoms with E-state index in [1.54, 1.807) is 0 Å². The van der Waals surface area contributed by atoms with Crippen LogP contribution in [0.5, 0.6) is 0 Å². The molecule has 0 bridgehead atoms. The van der Waals surface area contributed by atoms with Gasteiger partial charge in [-0.2, -0.15) is 0 Å². The first-order valence-electron chi connectivity index (χ1n) is 8.47. The lowest BCUT2D eigenvalue weighted by atomic mass is 9.99. The fourth-order valence-electron chi connectivity index (χ4n) is 2.99. The Morgan fingerprint density at radius 2 is 1.86 bits per heavy atom. The van der Waals surface area contributed by atoms with Crippen LogP contribution >= 0.6 is 0 Å². The van der Waals surface area contributed by atoms with E-state index in [1.165, 1.54) is 17.0 Å². The first-order valence-corrected chi connectivity index (χ1v) is 8.47. The van der Waals surface area contributed by atoms with Crippen molar-refractivity contribution in [3.63, 3.8) is 0 Å². The van der Waals surface area contributed by atoms with Crippen molar-refractivity contribution in [2.75, 3.05) is 26.3 Å². The Labute approximate surface area is 128 Å². The maximum atomic E-state index is 5.60. The molecule has 4 nitrogen and oxygen atoms in total. The molecule has 0 spiro atoms. The van der Waals surface area contributed by atoms with Crippen LogP contribution in [0, 0.1) is 0 Å². The molecule has 2 rings (SSSR count). The van der Waals surface area contributed by atoms with Crippen molar-refractivity contribution in [3.8, 4) is 0 Å². The van der Waals surface area contributed by atoms with Gasteiger partial charge in [-0.15, -0.1) is 0 Å². The highest BCUT2D eigenvalue weighted by Gasteiger charge is 2.21. The molecule has 21 heavy (non-hydrogen) atoms. The summed E-state index contributed by atoms with van der Waals surface area (Å²) in [7, 11) is 0. The number of ether oxygens (including phenoxy) is 1. The van der Waals surface area contributed by atoms with Crippen molar-refractivity contribution in [1.82, 2.24) is 15.3 Å². The van der Waals surface area contributed by atoms with Gasteiger partial charge in [-0.1, -0.05) is 20.8 Å². The second-order valence-electron chi connectivity index (χ2n) is 5.68. The predicted octanol–water partition coefficient (Wildman–Crippen LogP) is 2.65. The Bertz CT molecular complexity index is 417. The lowest BCUT2D eigenvalue weighted by Gasteiger charge is -2.23. The van der Waals surface area contributed by atoms with Gasteiger partial charge in [0.15, 0.2) is 0 Å². The van der Waals surface area contributed by atoms with Gasteiger partial charge in [0.2, 0.25) is 0 Å². The normalized spacial score (nSPS) is 18.9. The number of likely N-dealkylation sites (N-methyl/N-ethyl adjacent to an activating group) is 1. The van der Waals surface area contributed by atoms with Crippen molar-refractivity contribution in [2.45, 2.75) is 58.8 Å². The van der Waals surface area contributed by atoms with Crippen LogP contribution in [0.1, 0.15) is 62.3 Å². The minimum Gasteiger partial charge on any atom is -0.381 e. The highest BCUT2D eigenvalue weighted by Crippen LogP contribution is 2.25. The zero-order valence-corrected chi connectivity index (χ0v) is 13.7. The third kappa shape index (κ3) is 4.24. The molecule has 0 radical (unpaired) electrons. The van der Waals surface area contributed by atoms with Crippen LogP contribution in [0.2, 0.25) is 0 Å². The fourth-order valence-corrected chi connectivity index (χ4v) is 2.99. The zero-order chi connectivity index (χ0) is 15.1. The average molecular weight is 291 g/mol. The van der Waals surface area contributed by atoms with E-state index in [9.17, 15) is 0 Å². The lowest BCUT2D eigenvalue weighted by Crippen LogP contribution is -2.22. The summed E-state index contributed by atoms with van der Waals surface area (Å²) in [6.07, 6.45) is 5.28. The van der Waals surface area contributed by atoms with Crippen LogP contribution in [-0.2, 0) is 24.0 Å². The van der Waals surface area contributed by atoms with E-state index >= 15 is 0 Å². The molecule has 0 aliphatic carbocycles. The van der Waals surface area contributed by atoms with Crippen LogP contribution in [0.25, 0.3) is 0 Å². The van der Waals surface area contributed by atoms with E-state index in [1.807, 2.05) is 0 Å². The van der Waals surface area contributed by atoms with Gasteiger partial charge in [0.25, 0.3) is 0 Å². The Kier molecular flexibility index (Phi) is 6.58. The van der Waals surface area contributed by atoms with Crippen LogP contribution in [0.4, 0.5) is 0 Å². The van der Waals surface area contributed by atoms with Crippen molar-refractivity contribution in [2.24, 2.45) is 0 Å². The summed E-state index contributed by atoms with van der Waals surface area (Å²) in [6, 6.07) is 0. The van der Waals surface area contributed by atoms with E-state index in [2.05, 4.69) is 26.1 Å². The molecule has 0 aromatic carbocycles. The Morgan fingerprint density at radius 3 is 2.38 bits per heavy atom. The van der Waals surface area contributed by atoms with Gasteiger partial charge in [0, 0.05) is 23.9 Å². The number of nitrogens with zero attached hydrogens (tertiary/aromatic N) is 2. The Morgan fingerprint density at radius 1 is 1.14 bits per heavy atom. The molecule has 1 aliphatic rings. The SMILES string of the molecule is CCNCCc1c(CC)nc(C2CCCOC2)nc1CC. The summed E-state index contributed by atoms with van der Waals surface area (Å²) in [5, 5.41) is 3.40. The number of aromatic nitrogens is 2. The fraction of sp³-hybridized carbons (Fsp3) is 0.765. The first kappa shape index (κ1) is 16.4. The molecule has 1 aromatic heterocycles. The topological polar surface area (TPSA) is 47.0 Å². The first-order chi connectivity index (χ1) is 10.3. The molecule has 1 aliphatic heterocycles. The molecule has 2 heterocycles. The maximum Gasteiger partial charge on any atom is 0.134 e. The quantitative estimate of drug-likeness (QED) is 0.785. The number of hydrogen-bond acceptors (Lipinski definition) is 4. The van der Waals surface area contributed by atoms with Gasteiger partial charge < -0.3 is 10.1 Å². The third-order valence-electron chi connectivity index (χ3n) is 4.19. The molecular weight excluding hydrogens is 262 g/mol. The summed E-state index contributed by atoms with van der Waals surface area (Å²) >= 11 is 0. The van der Waals surface area contributed by atoms with Crippen molar-refractivity contribution < 1.29 is 4.74 Å². The molecule has 0 amide bonds. The maximum absolute atomic E-state index is 5.60. The van der Waals surface area contributed by atoms with E-state index < -0.39 is 0 Å². The van der Waals surface area contributed by atoms with E-state index in [4.69, 9.17) is 14.7 Å². The highest BCUT2D eigenvalue weighted by atomic mass is 16.5. The lowest BCUT2D eigenvalue weighted by molar-refractivity contribution is 0.0779. The third-order valence-corrected chi connectivity index (χ3v) is 4.19.